The van der Waals surface area contributed by atoms with Crippen LogP contribution in [0.4, 0.5) is 0 Å². The fourth-order valence-corrected chi connectivity index (χ4v) is 0.691. The smallest absolute Gasteiger partial charge is 0.341 e. The van der Waals surface area contributed by atoms with Crippen molar-refractivity contribution in [2.24, 2.45) is 5.92 Å². The Morgan fingerprint density at radius 2 is 2.00 bits per heavy atom. The van der Waals surface area contributed by atoms with Crippen LogP contribution in [0.1, 0.15) is 20.8 Å². The van der Waals surface area contributed by atoms with Gasteiger partial charge >= 0.3 is 11.9 Å². The van der Waals surface area contributed by atoms with Gasteiger partial charge in [0, 0.05) is 12.5 Å². The van der Waals surface area contributed by atoms with Crippen molar-refractivity contribution >= 4 is 11.9 Å². The van der Waals surface area contributed by atoms with Gasteiger partial charge < -0.3 is 4.74 Å². The normalized spacial score (nSPS) is 12.9. The predicted octanol–water partition coefficient (Wildman–Crippen LogP) is 1.18. The van der Waals surface area contributed by atoms with Crippen LogP contribution in [0.5, 0.6) is 0 Å². The summed E-state index contributed by atoms with van der Waals surface area (Å²) in [5.41, 5.74) is 0.268. The summed E-state index contributed by atoms with van der Waals surface area (Å²) in [4.78, 5) is 21.4. The Kier molecular flexibility index (Phi) is 4.45. The summed E-state index contributed by atoms with van der Waals surface area (Å²) >= 11 is 0. The van der Waals surface area contributed by atoms with Crippen LogP contribution in [-0.4, -0.2) is 11.9 Å². The zero-order valence-electron chi connectivity index (χ0n) is 7.83. The van der Waals surface area contributed by atoms with Crippen LogP contribution in [0.3, 0.4) is 0 Å². The topological polar surface area (TPSA) is 67.2 Å². The van der Waals surface area contributed by atoms with Gasteiger partial charge in [0.25, 0.3) is 0 Å². The van der Waals surface area contributed by atoms with Crippen LogP contribution in [0, 0.1) is 17.2 Å². The van der Waals surface area contributed by atoms with Crippen molar-refractivity contribution in [1.29, 1.82) is 5.26 Å². The Morgan fingerprint density at radius 1 is 1.46 bits per heavy atom. The van der Waals surface area contributed by atoms with Gasteiger partial charge in [-0.1, -0.05) is 6.08 Å². The molecule has 0 heterocycles. The van der Waals surface area contributed by atoms with E-state index in [-0.39, 0.29) is 11.5 Å². The monoisotopic (exact) mass is 181 g/mol. The number of nitriles is 1. The second-order valence-corrected chi connectivity index (χ2v) is 2.65. The molecule has 0 spiro atoms. The molecule has 0 aliphatic heterocycles. The van der Waals surface area contributed by atoms with Gasteiger partial charge in [0.1, 0.15) is 0 Å². The molecule has 4 heteroatoms. The van der Waals surface area contributed by atoms with Crippen LogP contribution < -0.4 is 0 Å². The molecule has 0 aliphatic rings. The lowest BCUT2D eigenvalue weighted by Gasteiger charge is -2.00. The highest BCUT2D eigenvalue weighted by atomic mass is 16.6. The number of ether oxygens (including phenoxy) is 1. The molecule has 13 heavy (non-hydrogen) atoms. The van der Waals surface area contributed by atoms with E-state index in [1.165, 1.54) is 13.0 Å². The molecule has 0 bridgehead atoms. The molecular weight excluding hydrogens is 170 g/mol. The third-order valence-electron chi connectivity index (χ3n) is 1.26. The maximum absolute atomic E-state index is 11.0. The van der Waals surface area contributed by atoms with Gasteiger partial charge in [-0.05, 0) is 13.8 Å². The molecular formula is C9H11NO3. The van der Waals surface area contributed by atoms with Crippen LogP contribution in [0.2, 0.25) is 0 Å². The summed E-state index contributed by atoms with van der Waals surface area (Å²) in [7, 11) is 0. The summed E-state index contributed by atoms with van der Waals surface area (Å²) in [6, 6.07) is 1.93. The summed E-state index contributed by atoms with van der Waals surface area (Å²) in [5.74, 6) is -1.71. The van der Waals surface area contributed by atoms with E-state index in [0.29, 0.717) is 0 Å². The number of carbonyl (C=O) groups is 2. The third kappa shape index (κ3) is 4.75. The lowest BCUT2D eigenvalue weighted by molar-refractivity contribution is -0.155. The van der Waals surface area contributed by atoms with E-state index in [1.807, 2.05) is 6.07 Å². The number of allylic oxidation sites excluding steroid dienone is 1. The van der Waals surface area contributed by atoms with E-state index in [0.717, 1.165) is 6.92 Å². The highest BCUT2D eigenvalue weighted by Crippen LogP contribution is 2.03. The molecule has 70 valence electrons. The van der Waals surface area contributed by atoms with Crippen LogP contribution in [0.25, 0.3) is 0 Å². The number of nitrogens with zero attached hydrogens (tertiary/aromatic N) is 1. The minimum atomic E-state index is -0.699. The quantitative estimate of drug-likeness (QED) is 0.364. The number of hydrogen-bond acceptors (Lipinski definition) is 4. The van der Waals surface area contributed by atoms with Gasteiger partial charge in [-0.15, -0.1) is 0 Å². The summed E-state index contributed by atoms with van der Waals surface area (Å²) < 4.78 is 4.30. The van der Waals surface area contributed by atoms with E-state index < -0.39 is 11.9 Å². The molecule has 0 amide bonds. The molecule has 0 saturated heterocycles. The van der Waals surface area contributed by atoms with Crippen molar-refractivity contribution in [3.8, 4) is 6.07 Å². The fourth-order valence-electron chi connectivity index (χ4n) is 0.691. The van der Waals surface area contributed by atoms with E-state index in [2.05, 4.69) is 4.74 Å². The van der Waals surface area contributed by atoms with Crippen molar-refractivity contribution in [2.45, 2.75) is 20.8 Å². The molecule has 1 unspecified atom stereocenters. The van der Waals surface area contributed by atoms with Gasteiger partial charge in [-0.2, -0.15) is 5.26 Å². The lowest BCUT2D eigenvalue weighted by Crippen LogP contribution is -2.10. The molecule has 1 atom stereocenters. The minimum absolute atomic E-state index is 0.268. The first-order valence-electron chi connectivity index (χ1n) is 3.78. The number of carbonyl (C=O) groups excluding carboxylic acids is 2. The van der Waals surface area contributed by atoms with Gasteiger partial charge in [0.15, 0.2) is 0 Å². The predicted molar refractivity (Wildman–Crippen MR) is 45.3 cm³/mol. The first-order chi connectivity index (χ1) is 5.97. The number of rotatable bonds is 2. The molecule has 0 rings (SSSR count). The minimum Gasteiger partial charge on any atom is -0.390 e. The van der Waals surface area contributed by atoms with E-state index >= 15 is 0 Å². The molecule has 0 aliphatic carbocycles. The Balaban J connectivity index is 4.35. The maximum atomic E-state index is 11.0. The van der Waals surface area contributed by atoms with Crippen LogP contribution in [-0.2, 0) is 14.3 Å². The summed E-state index contributed by atoms with van der Waals surface area (Å²) in [6.45, 7) is 4.29. The molecule has 0 radical (unpaired) electrons. The average molecular weight is 181 g/mol. The van der Waals surface area contributed by atoms with E-state index in [9.17, 15) is 9.59 Å². The highest BCUT2D eigenvalue weighted by Gasteiger charge is 2.09. The fraction of sp³-hybridized carbons (Fsp3) is 0.444. The number of hydrogen-bond donors (Lipinski definition) is 0. The second-order valence-electron chi connectivity index (χ2n) is 2.65. The highest BCUT2D eigenvalue weighted by molar-refractivity contribution is 5.95. The molecule has 0 N–H and O–H groups in total. The summed E-state index contributed by atoms with van der Waals surface area (Å²) in [6.07, 6.45) is 1.45. The van der Waals surface area contributed by atoms with Crippen molar-refractivity contribution in [3.63, 3.8) is 0 Å². The molecule has 0 fully saturated rings. The average Bonchev–Trinajstić information content (AvgIpc) is 2.02. The molecule has 0 aromatic carbocycles. The van der Waals surface area contributed by atoms with Gasteiger partial charge in [0.05, 0.1) is 12.0 Å². The Bertz CT molecular complexity index is 286. The second kappa shape index (κ2) is 5.09. The Labute approximate surface area is 76.8 Å². The molecule has 0 aromatic rings. The van der Waals surface area contributed by atoms with Crippen molar-refractivity contribution in [3.05, 3.63) is 11.6 Å². The Hall–Kier alpha value is -1.63. The first kappa shape index (κ1) is 11.4. The summed E-state index contributed by atoms with van der Waals surface area (Å²) in [5, 5.41) is 8.43. The van der Waals surface area contributed by atoms with Gasteiger partial charge in [0.2, 0.25) is 0 Å². The van der Waals surface area contributed by atoms with E-state index in [1.54, 1.807) is 6.92 Å². The zero-order valence-corrected chi connectivity index (χ0v) is 7.83. The number of esters is 2. The zero-order chi connectivity index (χ0) is 10.4. The van der Waals surface area contributed by atoms with Gasteiger partial charge in [-0.3, -0.25) is 4.79 Å². The lowest BCUT2D eigenvalue weighted by atomic mass is 10.1. The first-order valence-corrected chi connectivity index (χ1v) is 3.78. The van der Waals surface area contributed by atoms with Crippen molar-refractivity contribution in [2.75, 3.05) is 0 Å². The van der Waals surface area contributed by atoms with Gasteiger partial charge in [-0.25, -0.2) is 4.79 Å². The SMILES string of the molecule is CC(=O)OC(=O)C(C)=CC(C)C#N. The Morgan fingerprint density at radius 3 is 2.38 bits per heavy atom. The van der Waals surface area contributed by atoms with Crippen molar-refractivity contribution in [1.82, 2.24) is 0 Å². The maximum Gasteiger partial charge on any atom is 0.341 e. The van der Waals surface area contributed by atoms with E-state index in [4.69, 9.17) is 5.26 Å². The molecule has 0 aromatic heterocycles. The van der Waals surface area contributed by atoms with Crippen molar-refractivity contribution < 1.29 is 14.3 Å². The third-order valence-corrected chi connectivity index (χ3v) is 1.26. The van der Waals surface area contributed by atoms with Crippen LogP contribution in [0.15, 0.2) is 11.6 Å². The van der Waals surface area contributed by atoms with Crippen LogP contribution >= 0.6 is 0 Å². The largest absolute Gasteiger partial charge is 0.390 e. The molecule has 4 nitrogen and oxygen atoms in total. The standard InChI is InChI=1S/C9H11NO3/c1-6(5-10)4-7(2)9(12)13-8(3)11/h4,6H,1-3H3. The molecule has 0 saturated carbocycles.